The first kappa shape index (κ1) is 13.2. The van der Waals surface area contributed by atoms with Crippen LogP contribution in [0.1, 0.15) is 24.8 Å². The minimum Gasteiger partial charge on any atom is -0.350 e. The SMILES string of the molecule is N[C@H]1CC[C@H](Nc2nc3cc(C(F)(F)F)ccn3n2)C1. The summed E-state index contributed by atoms with van der Waals surface area (Å²) in [5.74, 6) is 0.337. The molecule has 0 unspecified atom stereocenters. The van der Waals surface area contributed by atoms with E-state index in [1.165, 1.54) is 10.7 Å². The molecule has 0 aromatic carbocycles. The number of nitrogens with two attached hydrogens (primary N) is 1. The fourth-order valence-corrected chi connectivity index (χ4v) is 2.45. The average molecular weight is 285 g/mol. The third kappa shape index (κ3) is 2.55. The molecule has 3 rings (SSSR count). The maximum Gasteiger partial charge on any atom is 0.416 e. The number of nitrogens with zero attached hydrogens (tertiary/aromatic N) is 3. The Morgan fingerprint density at radius 1 is 1.35 bits per heavy atom. The van der Waals surface area contributed by atoms with Crippen LogP contribution in [-0.2, 0) is 6.18 Å². The van der Waals surface area contributed by atoms with Crippen molar-refractivity contribution in [1.82, 2.24) is 14.6 Å². The van der Waals surface area contributed by atoms with Crippen LogP contribution >= 0.6 is 0 Å². The Hall–Kier alpha value is -1.83. The predicted octanol–water partition coefficient (Wildman–Crippen LogP) is 2.04. The zero-order chi connectivity index (χ0) is 14.3. The molecule has 2 aromatic rings. The molecule has 0 saturated heterocycles. The van der Waals surface area contributed by atoms with Gasteiger partial charge in [-0.1, -0.05) is 0 Å². The maximum atomic E-state index is 12.6. The maximum absolute atomic E-state index is 12.6. The third-order valence-electron chi connectivity index (χ3n) is 3.47. The van der Waals surface area contributed by atoms with Crippen molar-refractivity contribution in [3.8, 4) is 0 Å². The quantitative estimate of drug-likeness (QED) is 0.886. The molecule has 1 fully saturated rings. The fraction of sp³-hybridized carbons (Fsp3) is 0.500. The number of hydrogen-bond acceptors (Lipinski definition) is 4. The van der Waals surface area contributed by atoms with Gasteiger partial charge in [0.2, 0.25) is 5.95 Å². The molecule has 1 saturated carbocycles. The molecule has 0 bridgehead atoms. The van der Waals surface area contributed by atoms with Gasteiger partial charge in [0.25, 0.3) is 0 Å². The number of rotatable bonds is 2. The highest BCUT2D eigenvalue weighted by Crippen LogP contribution is 2.29. The predicted molar refractivity (Wildman–Crippen MR) is 67.2 cm³/mol. The Bertz CT molecular complexity index is 621. The molecule has 2 heterocycles. The molecule has 1 aliphatic carbocycles. The van der Waals surface area contributed by atoms with Crippen molar-refractivity contribution in [3.63, 3.8) is 0 Å². The summed E-state index contributed by atoms with van der Waals surface area (Å²) in [6.45, 7) is 0. The minimum atomic E-state index is -4.38. The Morgan fingerprint density at radius 3 is 2.80 bits per heavy atom. The van der Waals surface area contributed by atoms with Crippen LogP contribution in [0.25, 0.3) is 5.65 Å². The molecule has 20 heavy (non-hydrogen) atoms. The summed E-state index contributed by atoms with van der Waals surface area (Å²) in [7, 11) is 0. The van der Waals surface area contributed by atoms with Crippen LogP contribution in [0.4, 0.5) is 19.1 Å². The normalized spacial score (nSPS) is 23.4. The van der Waals surface area contributed by atoms with Crippen molar-refractivity contribution in [2.75, 3.05) is 5.32 Å². The van der Waals surface area contributed by atoms with Gasteiger partial charge in [0.15, 0.2) is 5.65 Å². The van der Waals surface area contributed by atoms with E-state index in [-0.39, 0.29) is 17.7 Å². The molecule has 5 nitrogen and oxygen atoms in total. The number of alkyl halides is 3. The lowest BCUT2D eigenvalue weighted by molar-refractivity contribution is -0.137. The molecule has 0 aliphatic heterocycles. The van der Waals surface area contributed by atoms with Gasteiger partial charge in [-0.25, -0.2) is 4.52 Å². The van der Waals surface area contributed by atoms with E-state index >= 15 is 0 Å². The first-order valence-electron chi connectivity index (χ1n) is 6.37. The Balaban J connectivity index is 1.83. The minimum absolute atomic E-state index is 0.168. The molecule has 2 atom stereocenters. The van der Waals surface area contributed by atoms with Crippen molar-refractivity contribution in [2.24, 2.45) is 5.73 Å². The molecule has 0 radical (unpaired) electrons. The van der Waals surface area contributed by atoms with Crippen molar-refractivity contribution >= 4 is 11.6 Å². The van der Waals surface area contributed by atoms with Gasteiger partial charge in [0.05, 0.1) is 5.56 Å². The summed E-state index contributed by atoms with van der Waals surface area (Å²) in [5.41, 5.74) is 5.25. The average Bonchev–Trinajstić information content (AvgIpc) is 2.93. The number of pyridine rings is 1. The molecule has 3 N–H and O–H groups in total. The van der Waals surface area contributed by atoms with Gasteiger partial charge >= 0.3 is 6.18 Å². The van der Waals surface area contributed by atoms with Crippen LogP contribution in [0.15, 0.2) is 18.3 Å². The topological polar surface area (TPSA) is 68.2 Å². The zero-order valence-corrected chi connectivity index (χ0v) is 10.6. The van der Waals surface area contributed by atoms with Crippen LogP contribution in [0, 0.1) is 0 Å². The highest BCUT2D eigenvalue weighted by atomic mass is 19.4. The fourth-order valence-electron chi connectivity index (χ4n) is 2.45. The van der Waals surface area contributed by atoms with Crippen molar-refractivity contribution < 1.29 is 13.2 Å². The van der Waals surface area contributed by atoms with Gasteiger partial charge in [0.1, 0.15) is 0 Å². The molecule has 2 aromatic heterocycles. The lowest BCUT2D eigenvalue weighted by atomic mass is 10.2. The van der Waals surface area contributed by atoms with E-state index in [4.69, 9.17) is 5.73 Å². The number of nitrogens with one attached hydrogen (secondary N) is 1. The van der Waals surface area contributed by atoms with E-state index in [2.05, 4.69) is 15.4 Å². The first-order valence-corrected chi connectivity index (χ1v) is 6.37. The third-order valence-corrected chi connectivity index (χ3v) is 3.47. The molecular weight excluding hydrogens is 271 g/mol. The van der Waals surface area contributed by atoms with E-state index in [0.29, 0.717) is 5.95 Å². The van der Waals surface area contributed by atoms with Crippen LogP contribution in [-0.4, -0.2) is 26.7 Å². The van der Waals surface area contributed by atoms with Gasteiger partial charge < -0.3 is 11.1 Å². The molecule has 108 valence electrons. The van der Waals surface area contributed by atoms with E-state index < -0.39 is 11.7 Å². The zero-order valence-electron chi connectivity index (χ0n) is 10.6. The monoisotopic (exact) mass is 285 g/mol. The van der Waals surface area contributed by atoms with Crippen LogP contribution < -0.4 is 11.1 Å². The lowest BCUT2D eigenvalue weighted by Gasteiger charge is -2.09. The van der Waals surface area contributed by atoms with Crippen LogP contribution in [0.2, 0.25) is 0 Å². The standard InChI is InChI=1S/C12H14F3N5/c13-12(14,15)7-3-4-20-10(5-7)18-11(19-20)17-9-2-1-8(16)6-9/h3-5,8-9H,1-2,6,16H2,(H,17,19)/t8-,9-/m0/s1. The van der Waals surface area contributed by atoms with Crippen molar-refractivity contribution in [1.29, 1.82) is 0 Å². The molecule has 8 heteroatoms. The number of halogens is 3. The van der Waals surface area contributed by atoms with E-state index in [1.807, 2.05) is 0 Å². The Labute approximate surface area is 113 Å². The summed E-state index contributed by atoms with van der Waals surface area (Å²) in [4.78, 5) is 4.08. The van der Waals surface area contributed by atoms with Crippen LogP contribution in [0.5, 0.6) is 0 Å². The van der Waals surface area contributed by atoms with Gasteiger partial charge in [-0.15, -0.1) is 5.10 Å². The van der Waals surface area contributed by atoms with E-state index in [0.717, 1.165) is 31.4 Å². The highest BCUT2D eigenvalue weighted by molar-refractivity contribution is 5.46. The summed E-state index contributed by atoms with van der Waals surface area (Å²) < 4.78 is 39.1. The second kappa shape index (κ2) is 4.62. The largest absolute Gasteiger partial charge is 0.416 e. The smallest absolute Gasteiger partial charge is 0.350 e. The molecular formula is C12H14F3N5. The number of hydrogen-bond donors (Lipinski definition) is 2. The van der Waals surface area contributed by atoms with Crippen LogP contribution in [0.3, 0.4) is 0 Å². The van der Waals surface area contributed by atoms with E-state index in [9.17, 15) is 13.2 Å². The second-order valence-electron chi connectivity index (χ2n) is 5.07. The number of fused-ring (bicyclic) bond motifs is 1. The Kier molecular flexibility index (Phi) is 3.04. The second-order valence-corrected chi connectivity index (χ2v) is 5.07. The summed E-state index contributed by atoms with van der Waals surface area (Å²) in [6.07, 6.45) is -0.437. The number of anilines is 1. The lowest BCUT2D eigenvalue weighted by Crippen LogP contribution is -2.21. The van der Waals surface area contributed by atoms with Crippen molar-refractivity contribution in [3.05, 3.63) is 23.9 Å². The molecule has 0 amide bonds. The summed E-state index contributed by atoms with van der Waals surface area (Å²) in [6, 6.07) is 2.32. The van der Waals surface area contributed by atoms with Crippen molar-refractivity contribution in [2.45, 2.75) is 37.5 Å². The van der Waals surface area contributed by atoms with E-state index in [1.54, 1.807) is 0 Å². The van der Waals surface area contributed by atoms with Gasteiger partial charge in [-0.2, -0.15) is 18.2 Å². The highest BCUT2D eigenvalue weighted by Gasteiger charge is 2.31. The summed E-state index contributed by atoms with van der Waals surface area (Å²) >= 11 is 0. The molecule has 0 spiro atoms. The number of aromatic nitrogens is 3. The van der Waals surface area contributed by atoms with Gasteiger partial charge in [-0.3, -0.25) is 0 Å². The Morgan fingerprint density at radius 2 is 2.15 bits per heavy atom. The van der Waals surface area contributed by atoms with Gasteiger partial charge in [-0.05, 0) is 31.4 Å². The summed E-state index contributed by atoms with van der Waals surface area (Å²) in [5, 5.41) is 7.23. The van der Waals surface area contributed by atoms with Gasteiger partial charge in [0, 0.05) is 18.3 Å². The first-order chi connectivity index (χ1) is 9.41. The molecule has 1 aliphatic rings.